The van der Waals surface area contributed by atoms with Crippen LogP contribution in [0.15, 0.2) is 47.4 Å². The Balaban J connectivity index is 2.27. The zero-order valence-electron chi connectivity index (χ0n) is 9.93. The van der Waals surface area contributed by atoms with Crippen LogP contribution in [-0.2, 0) is 9.05 Å². The van der Waals surface area contributed by atoms with Crippen molar-refractivity contribution in [3.63, 3.8) is 0 Å². The highest BCUT2D eigenvalue weighted by atomic mass is 35.7. The third-order valence-corrected chi connectivity index (χ3v) is 4.09. The molecule has 0 saturated carbocycles. The van der Waals surface area contributed by atoms with Crippen LogP contribution in [0.25, 0.3) is 0 Å². The molecule has 0 aliphatic heterocycles. The molecule has 0 aromatic heterocycles. The van der Waals surface area contributed by atoms with Crippen molar-refractivity contribution in [3.8, 4) is 11.5 Å². The number of halogens is 2. The number of rotatable bonds is 3. The molecule has 19 heavy (non-hydrogen) atoms. The van der Waals surface area contributed by atoms with E-state index in [4.69, 9.17) is 27.0 Å². The Morgan fingerprint density at radius 1 is 1.05 bits per heavy atom. The summed E-state index contributed by atoms with van der Waals surface area (Å²) >= 11 is 5.89. The van der Waals surface area contributed by atoms with Gasteiger partial charge in [0.15, 0.2) is 0 Å². The van der Waals surface area contributed by atoms with Gasteiger partial charge in [-0.15, -0.1) is 0 Å². The van der Waals surface area contributed by atoms with E-state index in [1.54, 1.807) is 12.1 Å². The minimum Gasteiger partial charge on any atom is -0.457 e. The average Bonchev–Trinajstić information content (AvgIpc) is 2.33. The van der Waals surface area contributed by atoms with Crippen LogP contribution in [0.5, 0.6) is 11.5 Å². The molecule has 0 aliphatic carbocycles. The summed E-state index contributed by atoms with van der Waals surface area (Å²) in [6.07, 6.45) is 0. The molecule has 2 aromatic rings. The minimum absolute atomic E-state index is 0.0318. The van der Waals surface area contributed by atoms with Crippen LogP contribution in [0.4, 0.5) is 0 Å². The smallest absolute Gasteiger partial charge is 0.261 e. The van der Waals surface area contributed by atoms with E-state index < -0.39 is 9.05 Å². The molecular weight excluding hydrogens is 307 g/mol. The van der Waals surface area contributed by atoms with Gasteiger partial charge in [0, 0.05) is 15.7 Å². The second-order valence-corrected chi connectivity index (χ2v) is 6.92. The van der Waals surface area contributed by atoms with Gasteiger partial charge in [0.1, 0.15) is 11.5 Å². The van der Waals surface area contributed by atoms with Crippen molar-refractivity contribution in [2.45, 2.75) is 11.8 Å². The number of ether oxygens (including phenoxy) is 1. The monoisotopic (exact) mass is 316 g/mol. The van der Waals surface area contributed by atoms with E-state index in [2.05, 4.69) is 0 Å². The van der Waals surface area contributed by atoms with Gasteiger partial charge >= 0.3 is 0 Å². The van der Waals surface area contributed by atoms with E-state index in [1.165, 1.54) is 24.3 Å². The fourth-order valence-corrected chi connectivity index (χ4v) is 2.41. The fourth-order valence-electron chi connectivity index (χ4n) is 1.48. The van der Waals surface area contributed by atoms with Gasteiger partial charge in [-0.25, -0.2) is 8.42 Å². The van der Waals surface area contributed by atoms with E-state index in [0.29, 0.717) is 16.5 Å². The number of benzene rings is 2. The van der Waals surface area contributed by atoms with Crippen LogP contribution in [0.2, 0.25) is 5.02 Å². The summed E-state index contributed by atoms with van der Waals surface area (Å²) < 4.78 is 27.9. The maximum atomic E-state index is 11.1. The van der Waals surface area contributed by atoms with Crippen LogP contribution in [0.3, 0.4) is 0 Å². The highest BCUT2D eigenvalue weighted by Gasteiger charge is 2.10. The topological polar surface area (TPSA) is 43.4 Å². The van der Waals surface area contributed by atoms with E-state index in [0.717, 1.165) is 5.56 Å². The molecule has 0 atom stereocenters. The van der Waals surface area contributed by atoms with Crippen LogP contribution in [0.1, 0.15) is 5.56 Å². The Hall–Kier alpha value is -1.23. The van der Waals surface area contributed by atoms with Gasteiger partial charge in [-0.05, 0) is 48.9 Å². The molecule has 2 rings (SSSR count). The molecule has 0 N–H and O–H groups in total. The Kier molecular flexibility index (Phi) is 4.04. The summed E-state index contributed by atoms with van der Waals surface area (Å²) in [7, 11) is 1.52. The number of hydrogen-bond donors (Lipinski definition) is 0. The molecule has 3 nitrogen and oxygen atoms in total. The highest BCUT2D eigenvalue weighted by molar-refractivity contribution is 8.13. The standard InChI is InChI=1S/C13H10Cl2O3S/c1-9-2-3-10(14)8-13(9)18-11-4-6-12(7-5-11)19(15,16)17/h2-8H,1H3. The molecule has 0 radical (unpaired) electrons. The quantitative estimate of drug-likeness (QED) is 0.790. The highest BCUT2D eigenvalue weighted by Crippen LogP contribution is 2.28. The molecular formula is C13H10Cl2O3S. The molecule has 0 spiro atoms. The molecule has 0 unspecified atom stereocenters. The Morgan fingerprint density at radius 2 is 1.68 bits per heavy atom. The Labute approximate surface area is 121 Å². The first-order valence-corrected chi connectivity index (χ1v) is 8.04. The second kappa shape index (κ2) is 5.41. The van der Waals surface area contributed by atoms with E-state index in [9.17, 15) is 8.42 Å². The largest absolute Gasteiger partial charge is 0.457 e. The predicted octanol–water partition coefficient (Wildman–Crippen LogP) is 4.37. The molecule has 100 valence electrons. The lowest BCUT2D eigenvalue weighted by Gasteiger charge is -2.09. The van der Waals surface area contributed by atoms with Crippen molar-refractivity contribution in [2.75, 3.05) is 0 Å². The number of hydrogen-bond acceptors (Lipinski definition) is 3. The summed E-state index contributed by atoms with van der Waals surface area (Å²) in [5, 5.41) is 0.570. The third-order valence-electron chi connectivity index (χ3n) is 2.48. The SMILES string of the molecule is Cc1ccc(Cl)cc1Oc1ccc(S(=O)(=O)Cl)cc1. The van der Waals surface area contributed by atoms with Crippen LogP contribution in [-0.4, -0.2) is 8.42 Å². The maximum Gasteiger partial charge on any atom is 0.261 e. The van der Waals surface area contributed by atoms with Crippen molar-refractivity contribution in [1.82, 2.24) is 0 Å². The van der Waals surface area contributed by atoms with Crippen LogP contribution < -0.4 is 4.74 Å². The summed E-state index contributed by atoms with van der Waals surface area (Å²) in [4.78, 5) is 0.0318. The van der Waals surface area contributed by atoms with E-state index >= 15 is 0 Å². The molecule has 0 aliphatic rings. The van der Waals surface area contributed by atoms with Gasteiger partial charge in [0.25, 0.3) is 9.05 Å². The lowest BCUT2D eigenvalue weighted by atomic mass is 10.2. The van der Waals surface area contributed by atoms with Gasteiger partial charge in [-0.3, -0.25) is 0 Å². The van der Waals surface area contributed by atoms with E-state index in [-0.39, 0.29) is 4.90 Å². The number of aryl methyl sites for hydroxylation is 1. The third kappa shape index (κ3) is 3.62. The lowest BCUT2D eigenvalue weighted by molar-refractivity contribution is 0.478. The summed E-state index contributed by atoms with van der Waals surface area (Å²) in [5.74, 6) is 1.13. The summed E-state index contributed by atoms with van der Waals surface area (Å²) in [5.41, 5.74) is 0.929. The summed E-state index contributed by atoms with van der Waals surface area (Å²) in [6, 6.07) is 11.2. The second-order valence-electron chi connectivity index (χ2n) is 3.92. The Morgan fingerprint density at radius 3 is 2.26 bits per heavy atom. The molecule has 2 aromatic carbocycles. The van der Waals surface area contributed by atoms with Crippen LogP contribution >= 0.6 is 22.3 Å². The first kappa shape index (κ1) is 14.2. The van der Waals surface area contributed by atoms with Crippen molar-refractivity contribution >= 4 is 31.3 Å². The van der Waals surface area contributed by atoms with Crippen molar-refractivity contribution < 1.29 is 13.2 Å². The first-order chi connectivity index (χ1) is 8.86. The maximum absolute atomic E-state index is 11.1. The van der Waals surface area contributed by atoms with Gasteiger partial charge in [0.05, 0.1) is 4.90 Å². The molecule has 0 amide bonds. The van der Waals surface area contributed by atoms with Crippen molar-refractivity contribution in [3.05, 3.63) is 53.1 Å². The fraction of sp³-hybridized carbons (Fsp3) is 0.0769. The lowest BCUT2D eigenvalue weighted by Crippen LogP contribution is -1.91. The molecule has 6 heteroatoms. The zero-order chi connectivity index (χ0) is 14.0. The van der Waals surface area contributed by atoms with Gasteiger partial charge in [-0.2, -0.15) is 0 Å². The normalized spacial score (nSPS) is 11.3. The molecule has 0 heterocycles. The molecule has 0 saturated heterocycles. The Bertz CT molecular complexity index is 694. The van der Waals surface area contributed by atoms with Crippen LogP contribution in [0, 0.1) is 6.92 Å². The minimum atomic E-state index is -3.71. The van der Waals surface area contributed by atoms with Gasteiger partial charge in [-0.1, -0.05) is 17.7 Å². The van der Waals surface area contributed by atoms with Crippen molar-refractivity contribution in [2.24, 2.45) is 0 Å². The average molecular weight is 317 g/mol. The molecule has 0 fully saturated rings. The first-order valence-electron chi connectivity index (χ1n) is 5.35. The van der Waals surface area contributed by atoms with Gasteiger partial charge in [0.2, 0.25) is 0 Å². The van der Waals surface area contributed by atoms with Gasteiger partial charge < -0.3 is 4.74 Å². The molecule has 0 bridgehead atoms. The zero-order valence-corrected chi connectivity index (χ0v) is 12.3. The predicted molar refractivity (Wildman–Crippen MR) is 75.7 cm³/mol. The summed E-state index contributed by atoms with van der Waals surface area (Å²) in [6.45, 7) is 1.89. The van der Waals surface area contributed by atoms with Crippen molar-refractivity contribution in [1.29, 1.82) is 0 Å². The van der Waals surface area contributed by atoms with E-state index in [1.807, 2.05) is 13.0 Å².